The second-order valence-corrected chi connectivity index (χ2v) is 6.55. The van der Waals surface area contributed by atoms with Crippen molar-refractivity contribution in [2.24, 2.45) is 0 Å². The zero-order valence-electron chi connectivity index (χ0n) is 12.7. The molecule has 1 aromatic heterocycles. The van der Waals surface area contributed by atoms with Gasteiger partial charge in [0.05, 0.1) is 0 Å². The maximum absolute atomic E-state index is 4.01. The van der Waals surface area contributed by atoms with Crippen molar-refractivity contribution >= 4 is 21.4 Å². The highest BCUT2D eigenvalue weighted by molar-refractivity contribution is 7.19. The average molecular weight is 288 g/mol. The fraction of sp³-hybridized carbons (Fsp3) is 0.412. The number of nitrogens with one attached hydrogen (secondary N) is 1. The fourth-order valence-corrected chi connectivity index (χ4v) is 3.68. The highest BCUT2D eigenvalue weighted by Gasteiger charge is 2.13. The van der Waals surface area contributed by atoms with E-state index >= 15 is 0 Å². The van der Waals surface area contributed by atoms with E-state index in [1.165, 1.54) is 26.1 Å². The average Bonchev–Trinajstić information content (AvgIpc) is 2.74. The molecule has 0 unspecified atom stereocenters. The maximum atomic E-state index is 4.01. The highest BCUT2D eigenvalue weighted by Crippen LogP contribution is 2.32. The summed E-state index contributed by atoms with van der Waals surface area (Å²) < 4.78 is 1.39. The quantitative estimate of drug-likeness (QED) is 0.774. The number of hydrogen-bond acceptors (Lipinski definition) is 3. The van der Waals surface area contributed by atoms with Gasteiger partial charge in [0.25, 0.3) is 0 Å². The van der Waals surface area contributed by atoms with Crippen molar-refractivity contribution in [3.8, 4) is 0 Å². The van der Waals surface area contributed by atoms with E-state index in [1.807, 2.05) is 11.3 Å². The van der Waals surface area contributed by atoms with Crippen LogP contribution >= 0.6 is 11.3 Å². The molecule has 0 aliphatic heterocycles. The Morgan fingerprint density at radius 2 is 2.10 bits per heavy atom. The third-order valence-electron chi connectivity index (χ3n) is 3.29. The zero-order valence-corrected chi connectivity index (χ0v) is 13.5. The molecule has 0 saturated heterocycles. The lowest BCUT2D eigenvalue weighted by Gasteiger charge is -2.17. The molecular weight excluding hydrogens is 264 g/mol. The molecule has 0 aliphatic rings. The summed E-state index contributed by atoms with van der Waals surface area (Å²) in [6.07, 6.45) is 0. The summed E-state index contributed by atoms with van der Waals surface area (Å²) >= 11 is 1.91. The summed E-state index contributed by atoms with van der Waals surface area (Å²) in [5.41, 5.74) is 2.68. The summed E-state index contributed by atoms with van der Waals surface area (Å²) in [6.45, 7) is 12.2. The van der Waals surface area contributed by atoms with Gasteiger partial charge in [0.2, 0.25) is 0 Å². The first-order chi connectivity index (χ1) is 9.61. The second kappa shape index (κ2) is 7.02. The molecule has 1 N–H and O–H groups in total. The van der Waals surface area contributed by atoms with Crippen LogP contribution in [0, 0.1) is 0 Å². The lowest BCUT2D eigenvalue weighted by atomic mass is 10.1. The van der Waals surface area contributed by atoms with E-state index in [0.29, 0.717) is 0 Å². The molecule has 20 heavy (non-hydrogen) atoms. The summed E-state index contributed by atoms with van der Waals surface area (Å²) in [5.74, 6) is 0. The van der Waals surface area contributed by atoms with Gasteiger partial charge in [-0.15, -0.1) is 11.3 Å². The fourth-order valence-electron chi connectivity index (χ4n) is 2.49. The molecule has 1 heterocycles. The highest BCUT2D eigenvalue weighted by atomic mass is 32.1. The smallest absolute Gasteiger partial charge is 0.0349 e. The van der Waals surface area contributed by atoms with Gasteiger partial charge in [-0.25, -0.2) is 0 Å². The van der Waals surface area contributed by atoms with Gasteiger partial charge >= 0.3 is 0 Å². The monoisotopic (exact) mass is 288 g/mol. The van der Waals surface area contributed by atoms with Crippen LogP contribution in [0.25, 0.3) is 10.1 Å². The van der Waals surface area contributed by atoms with Gasteiger partial charge in [-0.1, -0.05) is 37.3 Å². The van der Waals surface area contributed by atoms with Crippen molar-refractivity contribution < 1.29 is 0 Å². The van der Waals surface area contributed by atoms with Crippen molar-refractivity contribution in [3.63, 3.8) is 0 Å². The van der Waals surface area contributed by atoms with Gasteiger partial charge in [0.15, 0.2) is 0 Å². The Labute approximate surface area is 126 Å². The number of rotatable bonds is 7. The van der Waals surface area contributed by atoms with Crippen molar-refractivity contribution in [2.45, 2.75) is 26.9 Å². The Kier molecular flexibility index (Phi) is 5.35. The number of benzene rings is 1. The SMILES string of the molecule is C=C(C)CN(C)Cc1c(CNCC)sc2ccccc12. The predicted molar refractivity (Wildman–Crippen MR) is 90.4 cm³/mol. The van der Waals surface area contributed by atoms with E-state index in [0.717, 1.165) is 26.2 Å². The summed E-state index contributed by atoms with van der Waals surface area (Å²) in [5, 5.41) is 4.86. The summed E-state index contributed by atoms with van der Waals surface area (Å²) in [7, 11) is 2.16. The zero-order chi connectivity index (χ0) is 14.5. The molecule has 0 saturated carbocycles. The molecule has 3 heteroatoms. The molecule has 0 atom stereocenters. The van der Waals surface area contributed by atoms with E-state index in [-0.39, 0.29) is 0 Å². The predicted octanol–water partition coefficient (Wildman–Crippen LogP) is 4.02. The Balaban J connectivity index is 2.29. The maximum Gasteiger partial charge on any atom is 0.0349 e. The van der Waals surface area contributed by atoms with E-state index in [2.05, 4.69) is 62.0 Å². The number of hydrogen-bond donors (Lipinski definition) is 1. The van der Waals surface area contributed by atoms with Gasteiger partial charge in [-0.05, 0) is 37.5 Å². The van der Waals surface area contributed by atoms with Crippen LogP contribution in [-0.2, 0) is 13.1 Å². The minimum Gasteiger partial charge on any atom is -0.312 e. The second-order valence-electron chi connectivity index (χ2n) is 5.41. The summed E-state index contributed by atoms with van der Waals surface area (Å²) in [6, 6.07) is 8.72. The van der Waals surface area contributed by atoms with Crippen molar-refractivity contribution in [1.82, 2.24) is 10.2 Å². The molecule has 0 amide bonds. The van der Waals surface area contributed by atoms with Crippen LogP contribution in [0.4, 0.5) is 0 Å². The molecule has 0 spiro atoms. The normalized spacial score (nSPS) is 11.4. The van der Waals surface area contributed by atoms with Gasteiger partial charge in [0, 0.05) is 29.2 Å². The number of likely N-dealkylation sites (N-methyl/N-ethyl adjacent to an activating group) is 1. The van der Waals surface area contributed by atoms with E-state index in [9.17, 15) is 0 Å². The molecule has 0 bridgehead atoms. The number of nitrogens with zero attached hydrogens (tertiary/aromatic N) is 1. The van der Waals surface area contributed by atoms with Crippen LogP contribution in [0.1, 0.15) is 24.3 Å². The third-order valence-corrected chi connectivity index (χ3v) is 4.50. The summed E-state index contributed by atoms with van der Waals surface area (Å²) in [4.78, 5) is 3.80. The van der Waals surface area contributed by atoms with E-state index < -0.39 is 0 Å². The Bertz CT molecular complexity index is 586. The Hall–Kier alpha value is -1.16. The van der Waals surface area contributed by atoms with Gasteiger partial charge in [-0.2, -0.15) is 0 Å². The van der Waals surface area contributed by atoms with Crippen molar-refractivity contribution in [1.29, 1.82) is 0 Å². The van der Waals surface area contributed by atoms with Crippen LogP contribution in [0.15, 0.2) is 36.4 Å². The van der Waals surface area contributed by atoms with Crippen molar-refractivity contribution in [2.75, 3.05) is 20.1 Å². The molecule has 0 fully saturated rings. The van der Waals surface area contributed by atoms with Crippen LogP contribution in [-0.4, -0.2) is 25.0 Å². The van der Waals surface area contributed by atoms with Gasteiger partial charge in [-0.3, -0.25) is 4.90 Å². The first-order valence-corrected chi connectivity index (χ1v) is 7.96. The minimum atomic E-state index is 0.949. The Morgan fingerprint density at radius 3 is 2.80 bits per heavy atom. The third kappa shape index (κ3) is 3.69. The van der Waals surface area contributed by atoms with Crippen LogP contribution in [0.3, 0.4) is 0 Å². The number of thiophene rings is 1. The largest absolute Gasteiger partial charge is 0.312 e. The molecule has 2 nitrogen and oxygen atoms in total. The minimum absolute atomic E-state index is 0.949. The molecule has 2 aromatic rings. The Morgan fingerprint density at radius 1 is 1.35 bits per heavy atom. The molecule has 0 radical (unpaired) electrons. The van der Waals surface area contributed by atoms with Crippen molar-refractivity contribution in [3.05, 3.63) is 46.9 Å². The van der Waals surface area contributed by atoms with Crippen LogP contribution < -0.4 is 5.32 Å². The first kappa shape index (κ1) is 15.2. The number of fused-ring (bicyclic) bond motifs is 1. The first-order valence-electron chi connectivity index (χ1n) is 7.14. The van der Waals surface area contributed by atoms with Gasteiger partial charge in [0.1, 0.15) is 0 Å². The molecule has 0 aliphatic carbocycles. The van der Waals surface area contributed by atoms with E-state index in [1.54, 1.807) is 0 Å². The van der Waals surface area contributed by atoms with Gasteiger partial charge < -0.3 is 5.32 Å². The standard InChI is InChI=1S/C17H24N2S/c1-5-18-10-17-15(12-19(4)11-13(2)3)14-8-6-7-9-16(14)20-17/h6-9,18H,2,5,10-12H2,1,3-4H3. The molecule has 2 rings (SSSR count). The van der Waals surface area contributed by atoms with Crippen LogP contribution in [0.5, 0.6) is 0 Å². The lowest BCUT2D eigenvalue weighted by molar-refractivity contribution is 0.356. The molecule has 108 valence electrons. The van der Waals surface area contributed by atoms with Crippen LogP contribution in [0.2, 0.25) is 0 Å². The molecular formula is C17H24N2S. The molecule has 1 aromatic carbocycles. The lowest BCUT2D eigenvalue weighted by Crippen LogP contribution is -2.21. The van der Waals surface area contributed by atoms with E-state index in [4.69, 9.17) is 0 Å². The topological polar surface area (TPSA) is 15.3 Å².